The van der Waals surface area contributed by atoms with E-state index in [1.54, 1.807) is 18.3 Å². The SMILES string of the molecule is CC1CCCN(c2nccc(NCc3ccc(F)cc3)n2)C1. The molecule has 0 spiro atoms. The van der Waals surface area contributed by atoms with E-state index in [9.17, 15) is 4.39 Å². The molecule has 2 heterocycles. The Kier molecular flexibility index (Phi) is 4.51. The second-order valence-electron chi connectivity index (χ2n) is 5.92. The molecule has 5 heteroatoms. The minimum absolute atomic E-state index is 0.215. The molecule has 1 atom stereocenters. The minimum atomic E-state index is -0.215. The van der Waals surface area contributed by atoms with Crippen LogP contribution in [-0.4, -0.2) is 23.1 Å². The number of hydrogen-bond acceptors (Lipinski definition) is 4. The molecule has 0 bridgehead atoms. The maximum Gasteiger partial charge on any atom is 0.227 e. The van der Waals surface area contributed by atoms with Crippen molar-refractivity contribution < 1.29 is 4.39 Å². The lowest BCUT2D eigenvalue weighted by Gasteiger charge is -2.30. The Morgan fingerprint density at radius 1 is 1.27 bits per heavy atom. The molecule has 4 nitrogen and oxygen atoms in total. The minimum Gasteiger partial charge on any atom is -0.366 e. The summed E-state index contributed by atoms with van der Waals surface area (Å²) in [5.41, 5.74) is 1.02. The van der Waals surface area contributed by atoms with Gasteiger partial charge in [-0.25, -0.2) is 9.37 Å². The summed E-state index contributed by atoms with van der Waals surface area (Å²) < 4.78 is 12.9. The lowest BCUT2D eigenvalue weighted by Crippen LogP contribution is -2.35. The first-order valence-corrected chi connectivity index (χ1v) is 7.77. The molecule has 1 aliphatic rings. The van der Waals surface area contributed by atoms with Crippen molar-refractivity contribution in [3.8, 4) is 0 Å². The van der Waals surface area contributed by atoms with Crippen molar-refractivity contribution in [1.29, 1.82) is 0 Å². The predicted octanol–water partition coefficient (Wildman–Crippen LogP) is 3.46. The number of nitrogens with one attached hydrogen (secondary N) is 1. The van der Waals surface area contributed by atoms with Gasteiger partial charge in [0.15, 0.2) is 0 Å². The van der Waals surface area contributed by atoms with Gasteiger partial charge in [0.25, 0.3) is 0 Å². The van der Waals surface area contributed by atoms with Gasteiger partial charge in [-0.15, -0.1) is 0 Å². The molecule has 1 saturated heterocycles. The van der Waals surface area contributed by atoms with E-state index in [0.29, 0.717) is 12.5 Å². The molecule has 1 fully saturated rings. The summed E-state index contributed by atoms with van der Waals surface area (Å²) in [7, 11) is 0. The Labute approximate surface area is 130 Å². The second-order valence-corrected chi connectivity index (χ2v) is 5.92. The Morgan fingerprint density at radius 2 is 2.09 bits per heavy atom. The van der Waals surface area contributed by atoms with Gasteiger partial charge in [-0.2, -0.15) is 4.98 Å². The fraction of sp³-hybridized carbons (Fsp3) is 0.412. The van der Waals surface area contributed by atoms with E-state index >= 15 is 0 Å². The number of benzene rings is 1. The predicted molar refractivity (Wildman–Crippen MR) is 86.4 cm³/mol. The number of aromatic nitrogens is 2. The van der Waals surface area contributed by atoms with Crippen molar-refractivity contribution in [3.05, 3.63) is 47.9 Å². The van der Waals surface area contributed by atoms with Gasteiger partial charge in [-0.3, -0.25) is 0 Å². The van der Waals surface area contributed by atoms with Gasteiger partial charge < -0.3 is 10.2 Å². The molecule has 1 unspecified atom stereocenters. The Bertz CT molecular complexity index is 614. The molecule has 0 radical (unpaired) electrons. The zero-order valence-electron chi connectivity index (χ0n) is 12.8. The maximum absolute atomic E-state index is 12.9. The van der Waals surface area contributed by atoms with Crippen molar-refractivity contribution >= 4 is 11.8 Å². The number of anilines is 2. The highest BCUT2D eigenvalue weighted by Crippen LogP contribution is 2.20. The van der Waals surface area contributed by atoms with Crippen LogP contribution in [0.25, 0.3) is 0 Å². The van der Waals surface area contributed by atoms with Crippen molar-refractivity contribution in [2.75, 3.05) is 23.3 Å². The molecular formula is C17H21FN4. The molecule has 3 rings (SSSR count). The second kappa shape index (κ2) is 6.73. The zero-order chi connectivity index (χ0) is 15.4. The van der Waals surface area contributed by atoms with Crippen molar-refractivity contribution in [1.82, 2.24) is 9.97 Å². The summed E-state index contributed by atoms with van der Waals surface area (Å²) in [5, 5.41) is 3.27. The molecule has 0 saturated carbocycles. The summed E-state index contributed by atoms with van der Waals surface area (Å²) in [6.07, 6.45) is 4.26. The average Bonchev–Trinajstić information content (AvgIpc) is 2.55. The van der Waals surface area contributed by atoms with Gasteiger partial charge in [0, 0.05) is 25.8 Å². The Morgan fingerprint density at radius 3 is 2.86 bits per heavy atom. The van der Waals surface area contributed by atoms with E-state index in [4.69, 9.17) is 0 Å². The molecule has 0 aliphatic carbocycles. The van der Waals surface area contributed by atoms with Gasteiger partial charge in [-0.1, -0.05) is 19.1 Å². The average molecular weight is 300 g/mol. The van der Waals surface area contributed by atoms with Crippen LogP contribution < -0.4 is 10.2 Å². The highest BCUT2D eigenvalue weighted by molar-refractivity contribution is 5.42. The van der Waals surface area contributed by atoms with Crippen LogP contribution in [0.4, 0.5) is 16.2 Å². The summed E-state index contributed by atoms with van der Waals surface area (Å²) in [6, 6.07) is 8.35. The van der Waals surface area contributed by atoms with Gasteiger partial charge in [0.1, 0.15) is 11.6 Å². The standard InChI is InChI=1S/C17H21FN4/c1-13-3-2-10-22(12-13)17-19-9-8-16(21-17)20-11-14-4-6-15(18)7-5-14/h4-9,13H,2-3,10-12H2,1H3,(H,19,20,21). The third-order valence-corrected chi connectivity index (χ3v) is 3.97. The zero-order valence-corrected chi connectivity index (χ0v) is 12.8. The number of piperidine rings is 1. The molecule has 0 amide bonds. The lowest BCUT2D eigenvalue weighted by atomic mass is 10.0. The normalized spacial score (nSPS) is 18.3. The van der Waals surface area contributed by atoms with Gasteiger partial charge in [0.05, 0.1) is 0 Å². The van der Waals surface area contributed by atoms with Crippen LogP contribution in [0.1, 0.15) is 25.3 Å². The van der Waals surface area contributed by atoms with Crippen molar-refractivity contribution in [3.63, 3.8) is 0 Å². The third kappa shape index (κ3) is 3.72. The molecule has 22 heavy (non-hydrogen) atoms. The molecule has 1 aromatic heterocycles. The first-order valence-electron chi connectivity index (χ1n) is 7.77. The van der Waals surface area contributed by atoms with Crippen LogP contribution in [0, 0.1) is 11.7 Å². The molecule has 116 valence electrons. The summed E-state index contributed by atoms with van der Waals surface area (Å²) in [6.45, 7) is 4.92. The highest BCUT2D eigenvalue weighted by Gasteiger charge is 2.18. The fourth-order valence-corrected chi connectivity index (χ4v) is 2.77. The largest absolute Gasteiger partial charge is 0.366 e. The van der Waals surface area contributed by atoms with Crippen LogP contribution in [0.3, 0.4) is 0 Å². The summed E-state index contributed by atoms with van der Waals surface area (Å²) in [4.78, 5) is 11.2. The first kappa shape index (κ1) is 14.8. The quantitative estimate of drug-likeness (QED) is 0.939. The maximum atomic E-state index is 12.9. The van der Waals surface area contributed by atoms with E-state index in [1.165, 1.54) is 25.0 Å². The summed E-state index contributed by atoms with van der Waals surface area (Å²) >= 11 is 0. The fourth-order valence-electron chi connectivity index (χ4n) is 2.77. The smallest absolute Gasteiger partial charge is 0.227 e. The van der Waals surface area contributed by atoms with E-state index in [1.807, 2.05) is 6.07 Å². The van der Waals surface area contributed by atoms with E-state index in [-0.39, 0.29) is 5.82 Å². The Hall–Kier alpha value is -2.17. The van der Waals surface area contributed by atoms with E-state index in [2.05, 4.69) is 27.1 Å². The third-order valence-electron chi connectivity index (χ3n) is 3.97. The van der Waals surface area contributed by atoms with Crippen molar-refractivity contribution in [2.45, 2.75) is 26.3 Å². The van der Waals surface area contributed by atoms with Gasteiger partial charge >= 0.3 is 0 Å². The number of hydrogen-bond donors (Lipinski definition) is 1. The number of halogens is 1. The lowest BCUT2D eigenvalue weighted by molar-refractivity contribution is 0.442. The molecule has 2 aromatic rings. The number of nitrogens with zero attached hydrogens (tertiary/aromatic N) is 3. The van der Waals surface area contributed by atoms with Crippen LogP contribution in [-0.2, 0) is 6.54 Å². The van der Waals surface area contributed by atoms with Crippen LogP contribution in [0.2, 0.25) is 0 Å². The monoisotopic (exact) mass is 300 g/mol. The van der Waals surface area contributed by atoms with Gasteiger partial charge in [-0.05, 0) is 42.5 Å². The topological polar surface area (TPSA) is 41.1 Å². The Balaban J connectivity index is 1.64. The highest BCUT2D eigenvalue weighted by atomic mass is 19.1. The summed E-state index contributed by atoms with van der Waals surface area (Å²) in [5.74, 6) is 2.06. The first-order chi connectivity index (χ1) is 10.7. The molecule has 1 N–H and O–H groups in total. The van der Waals surface area contributed by atoms with Gasteiger partial charge in [0.2, 0.25) is 5.95 Å². The van der Waals surface area contributed by atoms with Crippen LogP contribution in [0.5, 0.6) is 0 Å². The van der Waals surface area contributed by atoms with E-state index in [0.717, 1.165) is 30.4 Å². The van der Waals surface area contributed by atoms with Crippen LogP contribution in [0.15, 0.2) is 36.5 Å². The number of rotatable bonds is 4. The van der Waals surface area contributed by atoms with E-state index < -0.39 is 0 Å². The van der Waals surface area contributed by atoms with Crippen LogP contribution >= 0.6 is 0 Å². The van der Waals surface area contributed by atoms with Crippen molar-refractivity contribution in [2.24, 2.45) is 5.92 Å². The molecular weight excluding hydrogens is 279 g/mol. The molecule has 1 aliphatic heterocycles. The molecule has 1 aromatic carbocycles.